The van der Waals surface area contributed by atoms with Crippen LogP contribution in [0.3, 0.4) is 0 Å². The van der Waals surface area contributed by atoms with Crippen molar-refractivity contribution in [2.45, 2.75) is 63.4 Å². The van der Waals surface area contributed by atoms with E-state index in [-0.39, 0.29) is 25.0 Å². The number of carbonyl (C=O) groups is 3. The number of nitrogens with zero attached hydrogens (tertiary/aromatic N) is 2. The van der Waals surface area contributed by atoms with Crippen molar-refractivity contribution in [2.75, 3.05) is 13.2 Å². The van der Waals surface area contributed by atoms with Crippen molar-refractivity contribution in [3.05, 3.63) is 48.6 Å². The first kappa shape index (κ1) is 24.4. The molecule has 2 N–H and O–H groups in total. The van der Waals surface area contributed by atoms with E-state index in [2.05, 4.69) is 6.58 Å². The molecular weight excluding hydrogens is 436 g/mol. The zero-order valence-corrected chi connectivity index (χ0v) is 20.0. The van der Waals surface area contributed by atoms with Crippen LogP contribution in [0.25, 0.3) is 0 Å². The van der Waals surface area contributed by atoms with E-state index < -0.39 is 47.0 Å². The van der Waals surface area contributed by atoms with Crippen molar-refractivity contribution < 1.29 is 29.3 Å². The van der Waals surface area contributed by atoms with Crippen LogP contribution in [0.4, 0.5) is 0 Å². The Morgan fingerprint density at radius 2 is 2.03 bits per heavy atom. The van der Waals surface area contributed by atoms with Crippen LogP contribution in [-0.4, -0.2) is 74.2 Å². The first-order chi connectivity index (χ1) is 16.2. The predicted molar refractivity (Wildman–Crippen MR) is 124 cm³/mol. The fourth-order valence-corrected chi connectivity index (χ4v) is 6.50. The molecular formula is C26H34N2O6. The second kappa shape index (κ2) is 8.82. The topological polar surface area (TPSA) is 107 Å². The van der Waals surface area contributed by atoms with Crippen LogP contribution in [0.5, 0.6) is 0 Å². The maximum atomic E-state index is 14.2. The molecule has 3 saturated heterocycles. The van der Waals surface area contributed by atoms with E-state index in [1.54, 1.807) is 17.9 Å². The van der Waals surface area contributed by atoms with E-state index in [1.165, 1.54) is 4.90 Å². The van der Waals surface area contributed by atoms with Crippen molar-refractivity contribution >= 4 is 17.8 Å². The van der Waals surface area contributed by atoms with E-state index >= 15 is 0 Å². The van der Waals surface area contributed by atoms with Gasteiger partial charge in [0.15, 0.2) is 0 Å². The molecule has 2 amide bonds. The number of hydrogen-bond acceptors (Lipinski definition) is 5. The van der Waals surface area contributed by atoms with Gasteiger partial charge in [-0.05, 0) is 31.2 Å². The van der Waals surface area contributed by atoms with Gasteiger partial charge in [-0.15, -0.1) is 6.58 Å². The van der Waals surface area contributed by atoms with Crippen LogP contribution in [0, 0.1) is 17.8 Å². The molecule has 34 heavy (non-hydrogen) atoms. The number of benzene rings is 1. The number of aliphatic carboxylic acids is 1. The van der Waals surface area contributed by atoms with Gasteiger partial charge in [-0.2, -0.15) is 0 Å². The summed E-state index contributed by atoms with van der Waals surface area (Å²) < 4.78 is 6.51. The molecule has 3 aliphatic heterocycles. The van der Waals surface area contributed by atoms with Gasteiger partial charge in [0.05, 0.1) is 24.2 Å². The second-order valence-corrected chi connectivity index (χ2v) is 10.0. The first-order valence-corrected chi connectivity index (χ1v) is 12.0. The van der Waals surface area contributed by atoms with Crippen LogP contribution in [0.1, 0.15) is 39.2 Å². The molecule has 3 heterocycles. The van der Waals surface area contributed by atoms with E-state index in [0.29, 0.717) is 19.4 Å². The number of carboxylic acid groups (broad SMARTS) is 1. The number of carboxylic acids is 1. The summed E-state index contributed by atoms with van der Waals surface area (Å²) in [4.78, 5) is 43.5. The Hall–Kier alpha value is -2.71. The summed E-state index contributed by atoms with van der Waals surface area (Å²) in [7, 11) is 0. The van der Waals surface area contributed by atoms with Gasteiger partial charge in [-0.3, -0.25) is 14.4 Å². The van der Waals surface area contributed by atoms with Gasteiger partial charge in [0.25, 0.3) is 0 Å². The monoisotopic (exact) mass is 470 g/mol. The second-order valence-electron chi connectivity index (χ2n) is 10.0. The Balaban J connectivity index is 1.82. The number of likely N-dealkylation sites (tertiary alicyclic amines) is 1. The highest BCUT2D eigenvalue weighted by molar-refractivity contribution is 5.98. The fourth-order valence-electron chi connectivity index (χ4n) is 6.50. The van der Waals surface area contributed by atoms with Gasteiger partial charge in [-0.25, -0.2) is 0 Å². The fraction of sp³-hybridized carbons (Fsp3) is 0.577. The molecule has 1 aromatic carbocycles. The smallest absolute Gasteiger partial charge is 0.310 e. The normalized spacial score (nSPS) is 34.7. The third-order valence-corrected chi connectivity index (χ3v) is 8.21. The van der Waals surface area contributed by atoms with Gasteiger partial charge >= 0.3 is 5.97 Å². The summed E-state index contributed by atoms with van der Waals surface area (Å²) >= 11 is 0. The average molecular weight is 471 g/mol. The summed E-state index contributed by atoms with van der Waals surface area (Å²) in [5.74, 6) is -3.99. The van der Waals surface area contributed by atoms with E-state index in [4.69, 9.17) is 4.74 Å². The standard InChI is InChI=1S/C26H34N2O6/c1-5-12-27(14-17-10-8-7-9-11-17)23(31)21-26-13-16(3)25(4,34-26)20(24(32)33)19(26)22(30)28(21)18(6-2)15-29/h5,7-11,16,18-21,29H,1,6,12-15H2,2-4H3,(H,32,33)/t16?,18-,19-,20-,21?,25+,26?/m0/s1. The zero-order chi connectivity index (χ0) is 24.8. The Morgan fingerprint density at radius 3 is 2.59 bits per heavy atom. The number of carbonyl (C=O) groups excluding carboxylic acids is 2. The molecule has 8 nitrogen and oxygen atoms in total. The summed E-state index contributed by atoms with van der Waals surface area (Å²) in [5.41, 5.74) is -1.36. The lowest BCUT2D eigenvalue weighted by molar-refractivity contribution is -0.160. The van der Waals surface area contributed by atoms with E-state index in [1.807, 2.05) is 44.2 Å². The van der Waals surface area contributed by atoms with Crippen molar-refractivity contribution in [2.24, 2.45) is 17.8 Å². The summed E-state index contributed by atoms with van der Waals surface area (Å²) in [5, 5.41) is 20.2. The molecule has 1 aromatic rings. The Morgan fingerprint density at radius 1 is 1.35 bits per heavy atom. The highest BCUT2D eigenvalue weighted by atomic mass is 16.5. The Kier molecular flexibility index (Phi) is 6.33. The average Bonchev–Trinajstić information content (AvgIpc) is 3.32. The number of hydrogen-bond donors (Lipinski definition) is 2. The van der Waals surface area contributed by atoms with Crippen LogP contribution >= 0.6 is 0 Å². The Bertz CT molecular complexity index is 979. The summed E-state index contributed by atoms with van der Waals surface area (Å²) in [6, 6.07) is 7.91. The number of fused-ring (bicyclic) bond motifs is 1. The molecule has 8 heteroatoms. The largest absolute Gasteiger partial charge is 0.481 e. The molecule has 0 aliphatic carbocycles. The number of aliphatic hydroxyl groups is 1. The van der Waals surface area contributed by atoms with Crippen LogP contribution in [0.2, 0.25) is 0 Å². The quantitative estimate of drug-likeness (QED) is 0.535. The summed E-state index contributed by atoms with van der Waals surface area (Å²) in [6.07, 6.45) is 2.47. The lowest BCUT2D eigenvalue weighted by Gasteiger charge is -2.39. The van der Waals surface area contributed by atoms with Crippen molar-refractivity contribution in [3.63, 3.8) is 0 Å². The van der Waals surface area contributed by atoms with Crippen molar-refractivity contribution in [1.82, 2.24) is 9.80 Å². The number of aliphatic hydroxyl groups excluding tert-OH is 1. The predicted octanol–water partition coefficient (Wildman–Crippen LogP) is 2.07. The molecule has 7 atom stereocenters. The number of rotatable bonds is 9. The number of amides is 2. The molecule has 184 valence electrons. The van der Waals surface area contributed by atoms with Gasteiger partial charge in [0, 0.05) is 13.1 Å². The molecule has 0 aromatic heterocycles. The molecule has 3 aliphatic rings. The minimum absolute atomic E-state index is 0.149. The molecule has 3 unspecified atom stereocenters. The minimum atomic E-state index is -1.25. The van der Waals surface area contributed by atoms with Gasteiger partial charge in [0.2, 0.25) is 11.8 Å². The Labute approximate surface area is 200 Å². The van der Waals surface area contributed by atoms with Crippen molar-refractivity contribution in [3.8, 4) is 0 Å². The molecule has 4 rings (SSSR count). The van der Waals surface area contributed by atoms with E-state index in [0.717, 1.165) is 5.56 Å². The van der Waals surface area contributed by atoms with Gasteiger partial charge in [0.1, 0.15) is 17.6 Å². The zero-order valence-electron chi connectivity index (χ0n) is 20.0. The van der Waals surface area contributed by atoms with Crippen LogP contribution in [0.15, 0.2) is 43.0 Å². The maximum absolute atomic E-state index is 14.2. The number of ether oxygens (including phenoxy) is 1. The van der Waals surface area contributed by atoms with Crippen molar-refractivity contribution in [1.29, 1.82) is 0 Å². The molecule has 3 fully saturated rings. The highest BCUT2D eigenvalue weighted by Gasteiger charge is 2.80. The SMILES string of the molecule is C=CCN(Cc1ccccc1)C(=O)C1N([C@@H](CC)CO)C(=O)[C@@H]2[C@@H](C(=O)O)[C@]3(C)OC12CC3C. The summed E-state index contributed by atoms with van der Waals surface area (Å²) in [6.45, 7) is 9.56. The van der Waals surface area contributed by atoms with E-state index in [9.17, 15) is 24.6 Å². The third-order valence-electron chi connectivity index (χ3n) is 8.21. The van der Waals surface area contributed by atoms with Gasteiger partial charge in [-0.1, -0.05) is 50.3 Å². The lowest BCUT2D eigenvalue weighted by atomic mass is 9.62. The lowest BCUT2D eigenvalue weighted by Crippen LogP contribution is -2.58. The molecule has 0 radical (unpaired) electrons. The van der Waals surface area contributed by atoms with Crippen LogP contribution in [-0.2, 0) is 25.7 Å². The first-order valence-electron chi connectivity index (χ1n) is 12.0. The van der Waals surface area contributed by atoms with Gasteiger partial charge < -0.3 is 24.7 Å². The molecule has 1 spiro atoms. The molecule has 0 saturated carbocycles. The molecule has 2 bridgehead atoms. The third kappa shape index (κ3) is 3.38. The minimum Gasteiger partial charge on any atom is -0.481 e. The highest BCUT2D eigenvalue weighted by Crippen LogP contribution is 2.65. The van der Waals surface area contributed by atoms with Crippen LogP contribution < -0.4 is 0 Å². The maximum Gasteiger partial charge on any atom is 0.310 e.